The average molecular weight is 525 g/mol. The van der Waals surface area contributed by atoms with Crippen LogP contribution in [0.1, 0.15) is 52.9 Å². The van der Waals surface area contributed by atoms with E-state index in [4.69, 9.17) is 9.47 Å². The molecule has 0 amide bonds. The Morgan fingerprint density at radius 1 is 1.14 bits per heavy atom. The molecule has 0 spiro atoms. The molecule has 4 aliphatic rings. The van der Waals surface area contributed by atoms with Crippen LogP contribution in [-0.4, -0.2) is 93.9 Å². The van der Waals surface area contributed by atoms with Crippen molar-refractivity contribution < 1.29 is 49.3 Å². The minimum atomic E-state index is -1.74. The van der Waals surface area contributed by atoms with Gasteiger partial charge in [-0.05, 0) is 48.0 Å². The Hall–Kier alpha value is -1.66. The first-order valence-corrected chi connectivity index (χ1v) is 12.9. The molecule has 0 radical (unpaired) electrons. The van der Waals surface area contributed by atoms with Gasteiger partial charge in [0.05, 0.1) is 25.9 Å². The van der Waals surface area contributed by atoms with Crippen LogP contribution in [0.2, 0.25) is 0 Å². The third-order valence-electron chi connectivity index (χ3n) is 9.60. The first kappa shape index (κ1) is 28.4. The van der Waals surface area contributed by atoms with Crippen molar-refractivity contribution in [1.29, 1.82) is 0 Å². The number of fused-ring (bicyclic) bond motifs is 2. The number of carbonyl (C=O) groups is 2. The smallest absolute Gasteiger partial charge is 0.337 e. The summed E-state index contributed by atoms with van der Waals surface area (Å²) in [5.74, 6) is -1.32. The van der Waals surface area contributed by atoms with Crippen molar-refractivity contribution in [2.45, 2.75) is 95.8 Å². The summed E-state index contributed by atoms with van der Waals surface area (Å²) in [5, 5.41) is 53.1. The van der Waals surface area contributed by atoms with Gasteiger partial charge in [-0.1, -0.05) is 32.4 Å². The molecule has 0 aromatic rings. The van der Waals surface area contributed by atoms with Crippen molar-refractivity contribution in [2.24, 2.45) is 22.2 Å². The second-order valence-electron chi connectivity index (χ2n) is 12.0. The van der Waals surface area contributed by atoms with Crippen molar-refractivity contribution in [1.82, 2.24) is 0 Å². The van der Waals surface area contributed by atoms with Crippen LogP contribution in [0.15, 0.2) is 23.8 Å². The second kappa shape index (κ2) is 9.82. The zero-order valence-electron chi connectivity index (χ0n) is 21.9. The van der Waals surface area contributed by atoms with Gasteiger partial charge in [0.15, 0.2) is 18.2 Å². The number of aliphatic hydroxyl groups is 5. The second-order valence-corrected chi connectivity index (χ2v) is 12.0. The highest BCUT2D eigenvalue weighted by Gasteiger charge is 2.62. The molecule has 0 unspecified atom stereocenters. The molecule has 1 saturated carbocycles. The minimum Gasteiger partial charge on any atom is -0.467 e. The molecule has 0 aromatic carbocycles. The van der Waals surface area contributed by atoms with Crippen LogP contribution in [0.3, 0.4) is 0 Å². The SMILES string of the molecule is C=C[C@@]1(C)CCC2=C(C1)C(=O)C[C@H]1[C@@](C)(CO[C@@H]3O[C@H](C(=O)OC)[C@@H](O)[C@@H](O)[C@@H]3O)[C@@H](O)[C@H](O)C[C@]21C. The van der Waals surface area contributed by atoms with Crippen LogP contribution in [0.5, 0.6) is 0 Å². The maximum Gasteiger partial charge on any atom is 0.337 e. The van der Waals surface area contributed by atoms with E-state index >= 15 is 0 Å². The van der Waals surface area contributed by atoms with Gasteiger partial charge in [0.1, 0.15) is 18.3 Å². The first-order valence-electron chi connectivity index (χ1n) is 12.9. The number of carbonyl (C=O) groups excluding carboxylic acids is 2. The van der Waals surface area contributed by atoms with Crippen LogP contribution < -0.4 is 0 Å². The lowest BCUT2D eigenvalue weighted by molar-refractivity contribution is -0.308. The molecule has 2 fully saturated rings. The third kappa shape index (κ3) is 4.50. The van der Waals surface area contributed by atoms with Gasteiger partial charge < -0.3 is 39.7 Å². The van der Waals surface area contributed by atoms with E-state index in [1.165, 1.54) is 0 Å². The van der Waals surface area contributed by atoms with Gasteiger partial charge in [-0.15, -0.1) is 6.58 Å². The molecule has 10 heteroatoms. The molecule has 0 aromatic heterocycles. The number of aliphatic hydroxyl groups excluding tert-OH is 5. The van der Waals surface area contributed by atoms with E-state index in [1.807, 2.05) is 13.0 Å². The highest BCUT2D eigenvalue weighted by molar-refractivity contribution is 5.98. The fourth-order valence-corrected chi connectivity index (χ4v) is 7.14. The van der Waals surface area contributed by atoms with Gasteiger partial charge in [-0.25, -0.2) is 4.79 Å². The Morgan fingerprint density at radius 2 is 1.81 bits per heavy atom. The van der Waals surface area contributed by atoms with E-state index in [2.05, 4.69) is 18.2 Å². The number of hydrogen-bond acceptors (Lipinski definition) is 10. The monoisotopic (exact) mass is 524 g/mol. The summed E-state index contributed by atoms with van der Waals surface area (Å²) < 4.78 is 15.9. The lowest BCUT2D eigenvalue weighted by Crippen LogP contribution is -2.64. The maximum absolute atomic E-state index is 13.4. The van der Waals surface area contributed by atoms with E-state index < -0.39 is 59.7 Å². The molecule has 37 heavy (non-hydrogen) atoms. The summed E-state index contributed by atoms with van der Waals surface area (Å²) >= 11 is 0. The van der Waals surface area contributed by atoms with Gasteiger partial charge in [0, 0.05) is 11.8 Å². The number of methoxy groups -OCH3 is 1. The fraction of sp³-hybridized carbons (Fsp3) is 0.778. The Kier molecular flexibility index (Phi) is 7.53. The zero-order valence-corrected chi connectivity index (χ0v) is 21.9. The molecule has 1 saturated heterocycles. The summed E-state index contributed by atoms with van der Waals surface area (Å²) in [6, 6.07) is 0. The number of ether oxygens (including phenoxy) is 3. The van der Waals surface area contributed by atoms with E-state index in [-0.39, 0.29) is 30.1 Å². The van der Waals surface area contributed by atoms with E-state index in [1.54, 1.807) is 6.92 Å². The molecular weight excluding hydrogens is 484 g/mol. The van der Waals surface area contributed by atoms with Gasteiger partial charge in [-0.3, -0.25) is 4.79 Å². The lowest BCUT2D eigenvalue weighted by Gasteiger charge is -2.60. The third-order valence-corrected chi connectivity index (χ3v) is 9.60. The van der Waals surface area contributed by atoms with Crippen molar-refractivity contribution >= 4 is 11.8 Å². The van der Waals surface area contributed by atoms with E-state index in [0.29, 0.717) is 19.3 Å². The number of Topliss-reactive ketones (excluding diaryl/α,β-unsaturated/α-hetero) is 1. The molecule has 0 bridgehead atoms. The van der Waals surface area contributed by atoms with Crippen LogP contribution >= 0.6 is 0 Å². The normalized spacial score (nSPS) is 48.2. The van der Waals surface area contributed by atoms with Crippen molar-refractivity contribution in [2.75, 3.05) is 13.7 Å². The Bertz CT molecular complexity index is 978. The van der Waals surface area contributed by atoms with Crippen LogP contribution in [-0.2, 0) is 23.8 Å². The molecule has 11 atom stereocenters. The Morgan fingerprint density at radius 3 is 2.43 bits per heavy atom. The molecule has 5 N–H and O–H groups in total. The molecule has 1 heterocycles. The van der Waals surface area contributed by atoms with Gasteiger partial charge in [-0.2, -0.15) is 0 Å². The van der Waals surface area contributed by atoms with Crippen molar-refractivity contribution in [3.63, 3.8) is 0 Å². The number of allylic oxidation sites excluding steroid dienone is 3. The summed E-state index contributed by atoms with van der Waals surface area (Å²) in [4.78, 5) is 25.5. The number of rotatable bonds is 5. The summed E-state index contributed by atoms with van der Waals surface area (Å²) in [7, 11) is 1.10. The number of hydrogen-bond donors (Lipinski definition) is 5. The first-order chi connectivity index (χ1) is 17.2. The van der Waals surface area contributed by atoms with Gasteiger partial charge in [0.2, 0.25) is 0 Å². The molecule has 208 valence electrons. The van der Waals surface area contributed by atoms with Crippen LogP contribution in [0, 0.1) is 22.2 Å². The minimum absolute atomic E-state index is 0.0123. The van der Waals surface area contributed by atoms with E-state index in [9.17, 15) is 35.1 Å². The quantitative estimate of drug-likeness (QED) is 0.251. The summed E-state index contributed by atoms with van der Waals surface area (Å²) in [6.45, 7) is 9.56. The van der Waals surface area contributed by atoms with Crippen molar-refractivity contribution in [3.05, 3.63) is 23.8 Å². The molecule has 1 aliphatic heterocycles. The summed E-state index contributed by atoms with van der Waals surface area (Å²) in [5.41, 5.74) is -0.0667. The Balaban J connectivity index is 1.63. The lowest BCUT2D eigenvalue weighted by atomic mass is 9.46. The van der Waals surface area contributed by atoms with Gasteiger partial charge >= 0.3 is 5.97 Å². The average Bonchev–Trinajstić information content (AvgIpc) is 2.87. The predicted molar refractivity (Wildman–Crippen MR) is 130 cm³/mol. The van der Waals surface area contributed by atoms with Crippen LogP contribution in [0.25, 0.3) is 0 Å². The highest BCUT2D eigenvalue weighted by Crippen LogP contribution is 2.62. The number of esters is 1. The summed E-state index contributed by atoms with van der Waals surface area (Å²) in [6.07, 6.45) is -6.12. The fourth-order valence-electron chi connectivity index (χ4n) is 7.14. The highest BCUT2D eigenvalue weighted by atomic mass is 16.7. The zero-order chi connectivity index (χ0) is 27.5. The Labute approximate surface area is 216 Å². The standard InChI is InChI=1S/C27H40O10/c1-6-25(2)8-7-14-13(10-25)15(28)9-17-26(14,3)11-16(29)22(33)27(17,4)12-36-24-20(32)18(30)19(31)21(37-24)23(34)35-5/h6,16-22,24,29-33H,1,7-12H2,2-5H3/t16-,17-,18-,19+,20+,21+,22+,24-,25+,26-,27-/m1/s1. The van der Waals surface area contributed by atoms with Gasteiger partial charge in [0.25, 0.3) is 0 Å². The van der Waals surface area contributed by atoms with Crippen LogP contribution in [0.4, 0.5) is 0 Å². The molecular formula is C27H40O10. The molecule has 10 nitrogen and oxygen atoms in total. The number of ketones is 1. The molecule has 4 rings (SSSR count). The van der Waals surface area contributed by atoms with Crippen molar-refractivity contribution in [3.8, 4) is 0 Å². The topological polar surface area (TPSA) is 163 Å². The largest absolute Gasteiger partial charge is 0.467 e. The predicted octanol–water partition coefficient (Wildman–Crippen LogP) is 0.384. The van der Waals surface area contributed by atoms with E-state index in [0.717, 1.165) is 24.7 Å². The maximum atomic E-state index is 13.4. The molecule has 3 aliphatic carbocycles.